The van der Waals surface area contributed by atoms with Gasteiger partial charge in [-0.15, -0.1) is 0 Å². The molecule has 0 atom stereocenters. The second-order valence-electron chi connectivity index (χ2n) is 7.85. The predicted molar refractivity (Wildman–Crippen MR) is 139 cm³/mol. The van der Waals surface area contributed by atoms with Gasteiger partial charge in [-0.05, 0) is 56.4 Å². The molecule has 0 spiro atoms. The van der Waals surface area contributed by atoms with E-state index in [1.165, 1.54) is 18.7 Å². The highest BCUT2D eigenvalue weighted by atomic mass is 32.2. The predicted octanol–water partition coefficient (Wildman–Crippen LogP) is 3.82. The van der Waals surface area contributed by atoms with Gasteiger partial charge >= 0.3 is 0 Å². The highest BCUT2D eigenvalue weighted by molar-refractivity contribution is 7.99. The van der Waals surface area contributed by atoms with Gasteiger partial charge in [0.1, 0.15) is 0 Å². The van der Waals surface area contributed by atoms with Crippen LogP contribution in [0.25, 0.3) is 10.9 Å². The third-order valence-electron chi connectivity index (χ3n) is 5.38. The molecule has 34 heavy (non-hydrogen) atoms. The first-order valence-electron chi connectivity index (χ1n) is 11.4. The number of nitrogens with zero attached hydrogens (tertiary/aromatic N) is 3. The van der Waals surface area contributed by atoms with Gasteiger partial charge in [0.15, 0.2) is 5.16 Å². The second kappa shape index (κ2) is 12.3. The molecule has 9 heteroatoms. The molecular weight excluding hydrogens is 450 g/mol. The number of hydrogen-bond donors (Lipinski definition) is 2. The maximum Gasteiger partial charge on any atom is 0.262 e. The number of rotatable bonds is 11. The Balaban J connectivity index is 1.74. The summed E-state index contributed by atoms with van der Waals surface area (Å²) in [6, 6.07) is 14.2. The van der Waals surface area contributed by atoms with Gasteiger partial charge < -0.3 is 15.5 Å². The van der Waals surface area contributed by atoms with Crippen molar-refractivity contribution in [1.82, 2.24) is 14.5 Å². The monoisotopic (exact) mass is 481 g/mol. The molecule has 2 N–H and O–H groups in total. The van der Waals surface area contributed by atoms with Crippen molar-refractivity contribution in [1.29, 1.82) is 0 Å². The molecule has 0 aliphatic heterocycles. The smallest absolute Gasteiger partial charge is 0.262 e. The van der Waals surface area contributed by atoms with Gasteiger partial charge in [0.2, 0.25) is 11.8 Å². The Morgan fingerprint density at radius 1 is 1.03 bits per heavy atom. The number of para-hydroxylation sites is 1. The van der Waals surface area contributed by atoms with E-state index >= 15 is 0 Å². The Bertz CT molecular complexity index is 1210. The summed E-state index contributed by atoms with van der Waals surface area (Å²) in [6.07, 6.45) is 0.817. The molecule has 1 heterocycles. The fourth-order valence-electron chi connectivity index (χ4n) is 3.65. The van der Waals surface area contributed by atoms with Crippen LogP contribution in [0.5, 0.6) is 0 Å². The Morgan fingerprint density at radius 2 is 1.74 bits per heavy atom. The molecule has 0 saturated carbocycles. The van der Waals surface area contributed by atoms with Crippen LogP contribution in [0.15, 0.2) is 58.5 Å². The number of thioether (sulfide) groups is 1. The quantitative estimate of drug-likeness (QED) is 0.319. The molecule has 2 amide bonds. The summed E-state index contributed by atoms with van der Waals surface area (Å²) in [6.45, 7) is 9.04. The topological polar surface area (TPSA) is 96.3 Å². The first kappa shape index (κ1) is 25.5. The van der Waals surface area contributed by atoms with E-state index in [9.17, 15) is 14.4 Å². The fourth-order valence-corrected chi connectivity index (χ4v) is 4.48. The van der Waals surface area contributed by atoms with Crippen LogP contribution in [0.4, 0.5) is 11.4 Å². The second-order valence-corrected chi connectivity index (χ2v) is 8.79. The Labute approximate surface area is 203 Å². The molecule has 0 saturated heterocycles. The summed E-state index contributed by atoms with van der Waals surface area (Å²) < 4.78 is 1.68. The van der Waals surface area contributed by atoms with Gasteiger partial charge in [0.25, 0.3) is 5.56 Å². The number of nitrogens with one attached hydrogen (secondary N) is 2. The van der Waals surface area contributed by atoms with Crippen molar-refractivity contribution < 1.29 is 9.59 Å². The summed E-state index contributed by atoms with van der Waals surface area (Å²) in [5.41, 5.74) is 1.73. The van der Waals surface area contributed by atoms with Crippen molar-refractivity contribution in [3.63, 3.8) is 0 Å². The Morgan fingerprint density at radius 3 is 2.44 bits per heavy atom. The zero-order valence-corrected chi connectivity index (χ0v) is 20.7. The number of carbonyl (C=O) groups is 2. The van der Waals surface area contributed by atoms with E-state index in [1.54, 1.807) is 34.9 Å². The minimum absolute atomic E-state index is 0.0870. The van der Waals surface area contributed by atoms with E-state index in [1.807, 2.05) is 18.2 Å². The largest absolute Gasteiger partial charge is 0.326 e. The van der Waals surface area contributed by atoms with Crippen LogP contribution in [0.1, 0.15) is 27.2 Å². The molecule has 8 nitrogen and oxygen atoms in total. The highest BCUT2D eigenvalue weighted by Crippen LogP contribution is 2.20. The van der Waals surface area contributed by atoms with Crippen molar-refractivity contribution >= 4 is 45.9 Å². The van der Waals surface area contributed by atoms with Crippen LogP contribution in [-0.4, -0.2) is 51.7 Å². The Kier molecular flexibility index (Phi) is 9.24. The van der Waals surface area contributed by atoms with Gasteiger partial charge in [-0.2, -0.15) is 0 Å². The van der Waals surface area contributed by atoms with Crippen LogP contribution in [0.3, 0.4) is 0 Å². The molecule has 0 fully saturated rings. The maximum absolute atomic E-state index is 13.2. The molecule has 0 aliphatic carbocycles. The minimum Gasteiger partial charge on any atom is -0.326 e. The minimum atomic E-state index is -0.220. The normalized spacial score (nSPS) is 11.1. The zero-order valence-electron chi connectivity index (χ0n) is 19.8. The molecule has 0 bridgehead atoms. The third kappa shape index (κ3) is 6.91. The molecular formula is C25H31N5O3S. The van der Waals surface area contributed by atoms with Crippen molar-refractivity contribution in [3.05, 3.63) is 58.9 Å². The summed E-state index contributed by atoms with van der Waals surface area (Å²) >= 11 is 1.25. The van der Waals surface area contributed by atoms with Crippen molar-refractivity contribution in [3.8, 4) is 0 Å². The first-order valence-corrected chi connectivity index (χ1v) is 12.4. The number of fused-ring (bicyclic) bond motifs is 1. The van der Waals surface area contributed by atoms with E-state index in [0.29, 0.717) is 34.0 Å². The van der Waals surface area contributed by atoms with Gasteiger partial charge in [0.05, 0.1) is 16.7 Å². The molecule has 0 radical (unpaired) electrons. The molecule has 3 aromatic rings. The lowest BCUT2D eigenvalue weighted by atomic mass is 10.2. The van der Waals surface area contributed by atoms with Crippen LogP contribution < -0.4 is 16.2 Å². The van der Waals surface area contributed by atoms with Gasteiger partial charge in [0, 0.05) is 24.8 Å². The lowest BCUT2D eigenvalue weighted by Crippen LogP contribution is -2.28. The standard InChI is InChI=1S/C25H31N5O3S/c1-4-29(5-2)14-9-15-30-24(33)21-12-6-7-13-22(21)28-25(30)34-17-23(32)27-20-11-8-10-19(16-20)26-18(3)31/h6-8,10-13,16H,4-5,9,14-15,17H2,1-3H3,(H,26,31)(H,27,32). The number of aromatic nitrogens is 2. The lowest BCUT2D eigenvalue weighted by Gasteiger charge is -2.19. The number of carbonyl (C=O) groups excluding carboxylic acids is 2. The lowest BCUT2D eigenvalue weighted by molar-refractivity contribution is -0.114. The van der Waals surface area contributed by atoms with Gasteiger partial charge in [-0.25, -0.2) is 4.98 Å². The molecule has 1 aromatic heterocycles. The van der Waals surface area contributed by atoms with Gasteiger partial charge in [-0.3, -0.25) is 19.0 Å². The fraction of sp³-hybridized carbons (Fsp3) is 0.360. The SMILES string of the molecule is CCN(CC)CCCn1c(SCC(=O)Nc2cccc(NC(C)=O)c2)nc2ccccc2c1=O. The Hall–Kier alpha value is -3.17. The van der Waals surface area contributed by atoms with Crippen LogP contribution in [0, 0.1) is 0 Å². The van der Waals surface area contributed by atoms with E-state index in [0.717, 1.165) is 26.1 Å². The summed E-state index contributed by atoms with van der Waals surface area (Å²) in [5.74, 6) is -0.298. The first-order chi connectivity index (χ1) is 16.4. The van der Waals surface area contributed by atoms with Crippen LogP contribution in [-0.2, 0) is 16.1 Å². The molecule has 0 unspecified atom stereocenters. The van der Waals surface area contributed by atoms with Crippen molar-refractivity contribution in [2.75, 3.05) is 36.0 Å². The maximum atomic E-state index is 13.2. The van der Waals surface area contributed by atoms with Crippen LogP contribution in [0.2, 0.25) is 0 Å². The number of benzene rings is 2. The molecule has 2 aromatic carbocycles. The summed E-state index contributed by atoms with van der Waals surface area (Å²) in [7, 11) is 0. The number of anilines is 2. The molecule has 180 valence electrons. The van der Waals surface area contributed by atoms with Gasteiger partial charge in [-0.1, -0.05) is 43.8 Å². The number of amides is 2. The average molecular weight is 482 g/mol. The summed E-state index contributed by atoms with van der Waals surface area (Å²) in [4.78, 5) is 44.1. The van der Waals surface area contributed by atoms with E-state index in [2.05, 4.69) is 34.4 Å². The average Bonchev–Trinajstić information content (AvgIpc) is 2.82. The van der Waals surface area contributed by atoms with Crippen molar-refractivity contribution in [2.24, 2.45) is 0 Å². The molecule has 3 rings (SSSR count). The van der Waals surface area contributed by atoms with E-state index < -0.39 is 0 Å². The zero-order chi connectivity index (χ0) is 24.5. The summed E-state index contributed by atoms with van der Waals surface area (Å²) in [5, 5.41) is 6.64. The highest BCUT2D eigenvalue weighted by Gasteiger charge is 2.14. The van der Waals surface area contributed by atoms with E-state index in [4.69, 9.17) is 0 Å². The van der Waals surface area contributed by atoms with Crippen LogP contribution >= 0.6 is 11.8 Å². The van der Waals surface area contributed by atoms with Crippen molar-refractivity contribution in [2.45, 2.75) is 38.9 Å². The third-order valence-corrected chi connectivity index (χ3v) is 6.35. The number of hydrogen-bond acceptors (Lipinski definition) is 6. The van der Waals surface area contributed by atoms with E-state index in [-0.39, 0.29) is 23.1 Å². The molecule has 0 aliphatic rings.